The number of halogens is 1. The average Bonchev–Trinajstić information content (AvgIpc) is 2.90. The molecule has 0 atom stereocenters. The minimum atomic E-state index is -0.154. The van der Waals surface area contributed by atoms with Gasteiger partial charge in [0, 0.05) is 31.2 Å². The van der Waals surface area contributed by atoms with E-state index in [1.165, 1.54) is 11.6 Å². The van der Waals surface area contributed by atoms with Crippen LogP contribution in [-0.4, -0.2) is 11.1 Å². The largest absolute Gasteiger partial charge is 0.346 e. The molecular formula is C17H17FN2. The smallest absolute Gasteiger partial charge is 0.132 e. The molecule has 0 amide bonds. The molecule has 1 heterocycles. The molecule has 3 rings (SSSR count). The van der Waals surface area contributed by atoms with Crippen molar-refractivity contribution in [2.24, 2.45) is 0 Å². The SMILES string of the molecule is Fc1cccc2c1ccn2CCNCc1ccccc1. The zero-order chi connectivity index (χ0) is 13.8. The molecular weight excluding hydrogens is 251 g/mol. The van der Waals surface area contributed by atoms with Crippen molar-refractivity contribution in [3.8, 4) is 0 Å². The Morgan fingerprint density at radius 3 is 2.65 bits per heavy atom. The number of nitrogens with zero attached hydrogens (tertiary/aromatic N) is 1. The van der Waals surface area contributed by atoms with Crippen LogP contribution in [0, 0.1) is 5.82 Å². The lowest BCUT2D eigenvalue weighted by atomic mass is 10.2. The maximum atomic E-state index is 13.6. The summed E-state index contributed by atoms with van der Waals surface area (Å²) in [5.41, 5.74) is 2.22. The van der Waals surface area contributed by atoms with E-state index in [0.717, 1.165) is 25.2 Å². The van der Waals surface area contributed by atoms with E-state index in [0.29, 0.717) is 5.39 Å². The van der Waals surface area contributed by atoms with Crippen molar-refractivity contribution in [2.45, 2.75) is 13.1 Å². The molecule has 0 aliphatic carbocycles. The van der Waals surface area contributed by atoms with E-state index in [1.54, 1.807) is 6.07 Å². The number of rotatable bonds is 5. The van der Waals surface area contributed by atoms with Gasteiger partial charge in [0.15, 0.2) is 0 Å². The van der Waals surface area contributed by atoms with Crippen LogP contribution in [0.4, 0.5) is 4.39 Å². The van der Waals surface area contributed by atoms with Gasteiger partial charge in [-0.2, -0.15) is 0 Å². The molecule has 0 aliphatic heterocycles. The highest BCUT2D eigenvalue weighted by atomic mass is 19.1. The van der Waals surface area contributed by atoms with Crippen molar-refractivity contribution in [3.63, 3.8) is 0 Å². The Labute approximate surface area is 117 Å². The van der Waals surface area contributed by atoms with Gasteiger partial charge in [0.2, 0.25) is 0 Å². The Balaban J connectivity index is 1.59. The summed E-state index contributed by atoms with van der Waals surface area (Å²) in [6, 6.07) is 17.4. The highest BCUT2D eigenvalue weighted by Crippen LogP contribution is 2.18. The molecule has 1 aromatic heterocycles. The molecule has 3 aromatic rings. The first-order valence-corrected chi connectivity index (χ1v) is 6.82. The highest BCUT2D eigenvalue weighted by Gasteiger charge is 2.04. The lowest BCUT2D eigenvalue weighted by molar-refractivity contribution is 0.608. The molecule has 2 aromatic carbocycles. The number of aromatic nitrogens is 1. The Kier molecular flexibility index (Phi) is 3.79. The van der Waals surface area contributed by atoms with Crippen molar-refractivity contribution < 1.29 is 4.39 Å². The monoisotopic (exact) mass is 268 g/mol. The molecule has 0 spiro atoms. The Morgan fingerprint density at radius 2 is 1.80 bits per heavy atom. The van der Waals surface area contributed by atoms with Gasteiger partial charge in [-0.05, 0) is 23.8 Å². The van der Waals surface area contributed by atoms with Gasteiger partial charge in [0.05, 0.1) is 5.52 Å². The number of fused-ring (bicyclic) bond motifs is 1. The zero-order valence-corrected chi connectivity index (χ0v) is 11.2. The summed E-state index contributed by atoms with van der Waals surface area (Å²) in [6.07, 6.45) is 1.94. The third kappa shape index (κ3) is 2.73. The maximum absolute atomic E-state index is 13.6. The van der Waals surface area contributed by atoms with Crippen LogP contribution in [0.2, 0.25) is 0 Å². The number of hydrogen-bond donors (Lipinski definition) is 1. The van der Waals surface area contributed by atoms with Gasteiger partial charge in [-0.15, -0.1) is 0 Å². The molecule has 2 nitrogen and oxygen atoms in total. The van der Waals surface area contributed by atoms with Crippen molar-refractivity contribution in [1.29, 1.82) is 0 Å². The van der Waals surface area contributed by atoms with Crippen molar-refractivity contribution in [2.75, 3.05) is 6.54 Å². The summed E-state index contributed by atoms with van der Waals surface area (Å²) in [4.78, 5) is 0. The molecule has 0 saturated carbocycles. The Hall–Kier alpha value is -2.13. The Morgan fingerprint density at radius 1 is 0.950 bits per heavy atom. The van der Waals surface area contributed by atoms with Gasteiger partial charge in [-0.3, -0.25) is 0 Å². The van der Waals surface area contributed by atoms with Crippen LogP contribution in [-0.2, 0) is 13.1 Å². The molecule has 102 valence electrons. The van der Waals surface area contributed by atoms with Crippen molar-refractivity contribution in [1.82, 2.24) is 9.88 Å². The van der Waals surface area contributed by atoms with Gasteiger partial charge in [-0.1, -0.05) is 36.4 Å². The van der Waals surface area contributed by atoms with E-state index >= 15 is 0 Å². The predicted octanol–water partition coefficient (Wildman–Crippen LogP) is 3.57. The van der Waals surface area contributed by atoms with Crippen LogP contribution in [0.25, 0.3) is 10.9 Å². The fraction of sp³-hybridized carbons (Fsp3) is 0.176. The van der Waals surface area contributed by atoms with E-state index in [-0.39, 0.29) is 5.82 Å². The molecule has 0 saturated heterocycles. The third-order valence-corrected chi connectivity index (χ3v) is 3.46. The summed E-state index contributed by atoms with van der Waals surface area (Å²) in [7, 11) is 0. The molecule has 0 aliphatic rings. The first-order valence-electron chi connectivity index (χ1n) is 6.82. The fourth-order valence-corrected chi connectivity index (χ4v) is 2.41. The first-order chi connectivity index (χ1) is 9.84. The molecule has 0 radical (unpaired) electrons. The lowest BCUT2D eigenvalue weighted by Gasteiger charge is -2.07. The van der Waals surface area contributed by atoms with Gasteiger partial charge in [0.1, 0.15) is 5.82 Å². The average molecular weight is 268 g/mol. The number of hydrogen-bond acceptors (Lipinski definition) is 1. The van der Waals surface area contributed by atoms with Crippen molar-refractivity contribution >= 4 is 10.9 Å². The van der Waals surface area contributed by atoms with Crippen LogP contribution < -0.4 is 5.32 Å². The zero-order valence-electron chi connectivity index (χ0n) is 11.2. The fourth-order valence-electron chi connectivity index (χ4n) is 2.41. The van der Waals surface area contributed by atoms with Gasteiger partial charge >= 0.3 is 0 Å². The van der Waals surface area contributed by atoms with E-state index < -0.39 is 0 Å². The third-order valence-electron chi connectivity index (χ3n) is 3.46. The van der Waals surface area contributed by atoms with Gasteiger partial charge in [0.25, 0.3) is 0 Å². The summed E-state index contributed by atoms with van der Waals surface area (Å²) < 4.78 is 15.7. The first kappa shape index (κ1) is 12.9. The number of benzene rings is 2. The quantitative estimate of drug-likeness (QED) is 0.700. The second kappa shape index (κ2) is 5.88. The van der Waals surface area contributed by atoms with Crippen molar-refractivity contribution in [3.05, 3.63) is 72.2 Å². The van der Waals surface area contributed by atoms with E-state index in [4.69, 9.17) is 0 Å². The summed E-state index contributed by atoms with van der Waals surface area (Å²) in [6.45, 7) is 2.55. The molecule has 1 N–H and O–H groups in total. The summed E-state index contributed by atoms with van der Waals surface area (Å²) in [5, 5.41) is 4.10. The van der Waals surface area contributed by atoms with Crippen LogP contribution >= 0.6 is 0 Å². The second-order valence-electron chi connectivity index (χ2n) is 4.84. The second-order valence-corrected chi connectivity index (χ2v) is 4.84. The minimum Gasteiger partial charge on any atom is -0.346 e. The maximum Gasteiger partial charge on any atom is 0.132 e. The van der Waals surface area contributed by atoms with E-state index in [2.05, 4.69) is 22.0 Å². The van der Waals surface area contributed by atoms with Gasteiger partial charge in [-0.25, -0.2) is 4.39 Å². The van der Waals surface area contributed by atoms with E-state index in [1.807, 2.05) is 36.5 Å². The molecule has 0 bridgehead atoms. The molecule has 20 heavy (non-hydrogen) atoms. The van der Waals surface area contributed by atoms with Gasteiger partial charge < -0.3 is 9.88 Å². The molecule has 3 heteroatoms. The number of nitrogens with one attached hydrogen (secondary N) is 1. The standard InChI is InChI=1S/C17H17FN2/c18-16-7-4-8-17-15(16)9-11-20(17)12-10-19-13-14-5-2-1-3-6-14/h1-9,11,19H,10,12-13H2. The lowest BCUT2D eigenvalue weighted by Crippen LogP contribution is -2.19. The molecule has 0 unspecified atom stereocenters. The van der Waals surface area contributed by atoms with Crippen LogP contribution in [0.5, 0.6) is 0 Å². The molecule has 0 fully saturated rings. The topological polar surface area (TPSA) is 17.0 Å². The summed E-state index contributed by atoms with van der Waals surface area (Å²) in [5.74, 6) is -0.154. The van der Waals surface area contributed by atoms with Crippen LogP contribution in [0.15, 0.2) is 60.8 Å². The van der Waals surface area contributed by atoms with Crippen LogP contribution in [0.3, 0.4) is 0 Å². The normalized spacial score (nSPS) is 11.1. The van der Waals surface area contributed by atoms with E-state index in [9.17, 15) is 4.39 Å². The predicted molar refractivity (Wildman–Crippen MR) is 80.0 cm³/mol. The minimum absolute atomic E-state index is 0.154. The van der Waals surface area contributed by atoms with Crippen LogP contribution in [0.1, 0.15) is 5.56 Å². The highest BCUT2D eigenvalue weighted by molar-refractivity contribution is 5.80. The summed E-state index contributed by atoms with van der Waals surface area (Å²) >= 11 is 0. The Bertz CT molecular complexity index is 689.